The SMILES string of the molecule is CCCNCC(O)Cn1ncc(N(C)CCOC)cc1=O. The Bertz CT molecular complexity index is 464. The first-order chi connectivity index (χ1) is 10.1. The molecule has 1 aromatic rings. The predicted octanol–water partition coefficient (Wildman–Crippen LogP) is -0.314. The van der Waals surface area contributed by atoms with Crippen molar-refractivity contribution in [1.29, 1.82) is 0 Å². The van der Waals surface area contributed by atoms with Crippen LogP contribution in [-0.2, 0) is 11.3 Å². The van der Waals surface area contributed by atoms with Crippen LogP contribution < -0.4 is 15.8 Å². The number of aliphatic hydroxyl groups excluding tert-OH is 1. The topological polar surface area (TPSA) is 79.6 Å². The summed E-state index contributed by atoms with van der Waals surface area (Å²) in [5.41, 5.74) is 0.526. The molecule has 1 aromatic heterocycles. The molecule has 2 N–H and O–H groups in total. The van der Waals surface area contributed by atoms with Crippen LogP contribution in [0.2, 0.25) is 0 Å². The molecule has 0 aromatic carbocycles. The smallest absolute Gasteiger partial charge is 0.268 e. The van der Waals surface area contributed by atoms with Crippen molar-refractivity contribution < 1.29 is 9.84 Å². The van der Waals surface area contributed by atoms with E-state index in [-0.39, 0.29) is 12.1 Å². The van der Waals surface area contributed by atoms with Gasteiger partial charge in [-0.05, 0) is 13.0 Å². The van der Waals surface area contributed by atoms with Gasteiger partial charge in [0.2, 0.25) is 0 Å². The van der Waals surface area contributed by atoms with E-state index in [9.17, 15) is 9.90 Å². The third-order valence-electron chi connectivity index (χ3n) is 3.12. The molecule has 7 heteroatoms. The van der Waals surface area contributed by atoms with Gasteiger partial charge in [0.25, 0.3) is 5.56 Å². The van der Waals surface area contributed by atoms with Crippen molar-refractivity contribution in [1.82, 2.24) is 15.1 Å². The lowest BCUT2D eigenvalue weighted by molar-refractivity contribution is 0.145. The van der Waals surface area contributed by atoms with E-state index in [1.165, 1.54) is 10.7 Å². The van der Waals surface area contributed by atoms with Crippen molar-refractivity contribution in [3.8, 4) is 0 Å². The predicted molar refractivity (Wildman–Crippen MR) is 82.8 cm³/mol. The highest BCUT2D eigenvalue weighted by molar-refractivity contribution is 5.41. The summed E-state index contributed by atoms with van der Waals surface area (Å²) in [7, 11) is 3.52. The minimum Gasteiger partial charge on any atom is -0.390 e. The molecule has 0 aliphatic rings. The number of aromatic nitrogens is 2. The molecule has 1 unspecified atom stereocenters. The van der Waals surface area contributed by atoms with Gasteiger partial charge < -0.3 is 20.1 Å². The van der Waals surface area contributed by atoms with Gasteiger partial charge in [-0.3, -0.25) is 4.79 Å². The van der Waals surface area contributed by atoms with Crippen molar-refractivity contribution in [2.45, 2.75) is 26.0 Å². The van der Waals surface area contributed by atoms with Crippen LogP contribution in [0.3, 0.4) is 0 Å². The van der Waals surface area contributed by atoms with Gasteiger partial charge in [-0.1, -0.05) is 6.92 Å². The number of hydrogen-bond donors (Lipinski definition) is 2. The van der Waals surface area contributed by atoms with Crippen LogP contribution in [0.4, 0.5) is 5.69 Å². The summed E-state index contributed by atoms with van der Waals surface area (Å²) in [5, 5.41) is 17.1. The molecule has 0 saturated heterocycles. The molecular formula is C14H26N4O3. The highest BCUT2D eigenvalue weighted by atomic mass is 16.5. The van der Waals surface area contributed by atoms with Gasteiger partial charge in [0.05, 0.1) is 31.1 Å². The Morgan fingerprint density at radius 1 is 1.57 bits per heavy atom. The molecule has 0 amide bonds. The fraction of sp³-hybridized carbons (Fsp3) is 0.714. The van der Waals surface area contributed by atoms with Crippen molar-refractivity contribution >= 4 is 5.69 Å². The Labute approximate surface area is 125 Å². The third kappa shape index (κ3) is 6.24. The molecule has 1 rings (SSSR count). The highest BCUT2D eigenvalue weighted by Crippen LogP contribution is 2.06. The van der Waals surface area contributed by atoms with Gasteiger partial charge in [-0.15, -0.1) is 0 Å². The average molecular weight is 298 g/mol. The lowest BCUT2D eigenvalue weighted by Gasteiger charge is -2.19. The summed E-state index contributed by atoms with van der Waals surface area (Å²) < 4.78 is 6.29. The molecule has 1 atom stereocenters. The molecule has 0 bridgehead atoms. The van der Waals surface area contributed by atoms with Crippen LogP contribution in [0.25, 0.3) is 0 Å². The summed E-state index contributed by atoms with van der Waals surface area (Å²) in [5.74, 6) is 0. The molecule has 0 saturated carbocycles. The number of nitrogens with one attached hydrogen (secondary N) is 1. The van der Waals surface area contributed by atoms with Crippen molar-refractivity contribution in [3.05, 3.63) is 22.6 Å². The Hall–Kier alpha value is -1.44. The van der Waals surface area contributed by atoms with Gasteiger partial charge >= 0.3 is 0 Å². The summed E-state index contributed by atoms with van der Waals surface area (Å²) in [4.78, 5) is 13.9. The van der Waals surface area contributed by atoms with Gasteiger partial charge in [-0.2, -0.15) is 5.10 Å². The largest absolute Gasteiger partial charge is 0.390 e. The number of anilines is 1. The van der Waals surface area contributed by atoms with Crippen molar-refractivity contribution in [3.63, 3.8) is 0 Å². The first-order valence-electron chi connectivity index (χ1n) is 7.24. The zero-order valence-corrected chi connectivity index (χ0v) is 13.1. The quantitative estimate of drug-likeness (QED) is 0.577. The van der Waals surface area contributed by atoms with E-state index in [4.69, 9.17) is 4.74 Å². The second-order valence-corrected chi connectivity index (χ2v) is 5.01. The number of methoxy groups -OCH3 is 1. The fourth-order valence-electron chi connectivity index (χ4n) is 1.84. The summed E-state index contributed by atoms with van der Waals surface area (Å²) in [6.45, 7) is 4.83. The van der Waals surface area contributed by atoms with Gasteiger partial charge in [0.15, 0.2) is 0 Å². The van der Waals surface area contributed by atoms with Crippen LogP contribution in [-0.4, -0.2) is 61.4 Å². The second-order valence-electron chi connectivity index (χ2n) is 5.01. The highest BCUT2D eigenvalue weighted by Gasteiger charge is 2.09. The van der Waals surface area contributed by atoms with Gasteiger partial charge in [0.1, 0.15) is 0 Å². The minimum atomic E-state index is -0.626. The maximum atomic E-state index is 12.0. The third-order valence-corrected chi connectivity index (χ3v) is 3.12. The zero-order chi connectivity index (χ0) is 15.7. The van der Waals surface area contributed by atoms with Crippen molar-refractivity contribution in [2.75, 3.05) is 45.3 Å². The molecule has 1 heterocycles. The first-order valence-corrected chi connectivity index (χ1v) is 7.24. The van der Waals surface area contributed by atoms with Crippen LogP contribution >= 0.6 is 0 Å². The molecule has 7 nitrogen and oxygen atoms in total. The standard InChI is InChI=1S/C14H26N4O3/c1-4-5-15-10-13(19)11-18-14(20)8-12(9-16-18)17(2)6-7-21-3/h8-9,13,15,19H,4-7,10-11H2,1-3H3. The molecule has 0 aliphatic heterocycles. The van der Waals surface area contributed by atoms with Crippen LogP contribution in [0, 0.1) is 0 Å². The normalized spacial score (nSPS) is 12.4. The molecule has 0 fully saturated rings. The maximum Gasteiger partial charge on any atom is 0.268 e. The minimum absolute atomic E-state index is 0.192. The summed E-state index contributed by atoms with van der Waals surface area (Å²) in [6.07, 6.45) is 2.01. The molecule has 0 aliphatic carbocycles. The number of nitrogens with zero attached hydrogens (tertiary/aromatic N) is 3. The number of hydrogen-bond acceptors (Lipinski definition) is 6. The number of aliphatic hydroxyl groups is 1. The number of likely N-dealkylation sites (N-methyl/N-ethyl adjacent to an activating group) is 1. The molecule has 21 heavy (non-hydrogen) atoms. The van der Waals surface area contributed by atoms with E-state index in [1.54, 1.807) is 13.3 Å². The van der Waals surface area contributed by atoms with Crippen LogP contribution in [0.5, 0.6) is 0 Å². The zero-order valence-electron chi connectivity index (χ0n) is 13.1. The Kier molecular flexibility index (Phi) is 7.96. The van der Waals surface area contributed by atoms with Gasteiger partial charge in [-0.25, -0.2) is 4.68 Å². The number of ether oxygens (including phenoxy) is 1. The van der Waals surface area contributed by atoms with Gasteiger partial charge in [0, 0.05) is 33.3 Å². The fourth-order valence-corrected chi connectivity index (χ4v) is 1.84. The lowest BCUT2D eigenvalue weighted by atomic mass is 10.3. The van der Waals surface area contributed by atoms with Crippen LogP contribution in [0.1, 0.15) is 13.3 Å². The van der Waals surface area contributed by atoms with Crippen LogP contribution in [0.15, 0.2) is 17.1 Å². The second kappa shape index (κ2) is 9.49. The lowest BCUT2D eigenvalue weighted by Crippen LogP contribution is -2.35. The summed E-state index contributed by atoms with van der Waals surface area (Å²) in [6, 6.07) is 1.52. The van der Waals surface area contributed by atoms with E-state index in [0.29, 0.717) is 19.7 Å². The van der Waals surface area contributed by atoms with E-state index in [1.807, 2.05) is 11.9 Å². The Morgan fingerprint density at radius 3 is 2.95 bits per heavy atom. The molecule has 0 spiro atoms. The molecule has 0 radical (unpaired) electrons. The molecule has 120 valence electrons. The van der Waals surface area contributed by atoms with E-state index < -0.39 is 6.10 Å². The van der Waals surface area contributed by atoms with Crippen molar-refractivity contribution in [2.24, 2.45) is 0 Å². The first kappa shape index (κ1) is 17.6. The Balaban J connectivity index is 2.59. The Morgan fingerprint density at radius 2 is 2.33 bits per heavy atom. The average Bonchev–Trinajstić information content (AvgIpc) is 2.47. The summed E-state index contributed by atoms with van der Waals surface area (Å²) >= 11 is 0. The maximum absolute atomic E-state index is 12.0. The van der Waals surface area contributed by atoms with E-state index in [2.05, 4.69) is 17.3 Å². The van der Waals surface area contributed by atoms with E-state index in [0.717, 1.165) is 18.7 Å². The monoisotopic (exact) mass is 298 g/mol. The van der Waals surface area contributed by atoms with E-state index >= 15 is 0 Å². The molecular weight excluding hydrogens is 272 g/mol. The number of rotatable bonds is 10.